The van der Waals surface area contributed by atoms with Gasteiger partial charge in [-0.15, -0.1) is 0 Å². The second kappa shape index (κ2) is 14.2. The summed E-state index contributed by atoms with van der Waals surface area (Å²) in [7, 11) is 3.64. The maximum absolute atomic E-state index is 14.3. The molecular formula is C30H34F6N4O3S. The first-order chi connectivity index (χ1) is 20.7. The van der Waals surface area contributed by atoms with E-state index < -0.39 is 39.8 Å². The topological polar surface area (TPSA) is 65.1 Å². The second-order valence-corrected chi connectivity index (χ2v) is 12.0. The number of likely N-dealkylation sites (N-methyl/N-ethyl adjacent to an activating group) is 1. The van der Waals surface area contributed by atoms with Crippen molar-refractivity contribution in [2.75, 3.05) is 65.3 Å². The first-order valence-electron chi connectivity index (χ1n) is 14.1. The number of nitrogens with zero attached hydrogens (tertiary/aromatic N) is 3. The normalized spacial score (nSPS) is 17.0. The largest absolute Gasteiger partial charge is 0.418 e. The molecule has 2 fully saturated rings. The van der Waals surface area contributed by atoms with Crippen LogP contribution in [0.5, 0.6) is 0 Å². The van der Waals surface area contributed by atoms with Crippen molar-refractivity contribution in [2.24, 2.45) is 0 Å². The molecule has 0 aliphatic carbocycles. The third-order valence-corrected chi connectivity index (χ3v) is 8.28. The molecule has 1 N–H and O–H groups in total. The lowest BCUT2D eigenvalue weighted by atomic mass is 9.99. The fraction of sp³-hybridized carbons (Fsp3) is 0.467. The van der Waals surface area contributed by atoms with Gasteiger partial charge in [-0.3, -0.25) is 9.59 Å². The fourth-order valence-electron chi connectivity index (χ4n) is 5.12. The van der Waals surface area contributed by atoms with Crippen LogP contribution in [-0.2, 0) is 26.7 Å². The number of benzene rings is 2. The molecule has 2 aromatic carbocycles. The number of likely N-dealkylation sites (tertiary alicyclic amines) is 1. The van der Waals surface area contributed by atoms with E-state index in [1.165, 1.54) is 11.0 Å². The van der Waals surface area contributed by atoms with E-state index in [0.717, 1.165) is 24.3 Å². The first-order valence-corrected chi connectivity index (χ1v) is 14.9. The minimum atomic E-state index is -5.34. The van der Waals surface area contributed by atoms with E-state index in [0.29, 0.717) is 54.8 Å². The molecule has 0 saturated carbocycles. The lowest BCUT2D eigenvalue weighted by Gasteiger charge is -2.33. The van der Waals surface area contributed by atoms with Crippen molar-refractivity contribution in [3.8, 4) is 0 Å². The number of halogens is 6. The van der Waals surface area contributed by atoms with Gasteiger partial charge in [-0.2, -0.15) is 26.3 Å². The summed E-state index contributed by atoms with van der Waals surface area (Å²) in [6, 6.07) is 8.45. The zero-order valence-electron chi connectivity index (χ0n) is 24.3. The molecule has 2 saturated heterocycles. The summed E-state index contributed by atoms with van der Waals surface area (Å²) in [6.45, 7) is 2.46. The predicted octanol–water partition coefficient (Wildman–Crippen LogP) is 5.71. The van der Waals surface area contributed by atoms with Gasteiger partial charge in [-0.25, -0.2) is 0 Å². The number of rotatable bonds is 8. The molecule has 0 radical (unpaired) electrons. The molecule has 0 atom stereocenters. The van der Waals surface area contributed by atoms with Crippen molar-refractivity contribution >= 4 is 35.3 Å². The molecule has 0 unspecified atom stereocenters. The number of anilines is 1. The lowest BCUT2D eigenvalue weighted by Crippen LogP contribution is -2.45. The summed E-state index contributed by atoms with van der Waals surface area (Å²) < 4.78 is 90.6. The number of nitrogens with one attached hydrogen (secondary N) is 1. The van der Waals surface area contributed by atoms with Gasteiger partial charge in [0.1, 0.15) is 0 Å². The summed E-state index contributed by atoms with van der Waals surface area (Å²) in [4.78, 5) is 29.4. The van der Waals surface area contributed by atoms with Crippen molar-refractivity contribution in [3.05, 3.63) is 59.2 Å². The first kappa shape index (κ1) is 33.7. The zero-order valence-corrected chi connectivity index (χ0v) is 25.1. The quantitative estimate of drug-likeness (QED) is 0.294. The van der Waals surface area contributed by atoms with Gasteiger partial charge in [0.25, 0.3) is 0 Å². The lowest BCUT2D eigenvalue weighted by molar-refractivity contribution is -0.163. The number of alkyl halides is 6. The van der Waals surface area contributed by atoms with Crippen LogP contribution in [0.15, 0.2) is 52.3 Å². The maximum Gasteiger partial charge on any atom is 0.418 e. The third-order valence-electron chi connectivity index (χ3n) is 7.23. The summed E-state index contributed by atoms with van der Waals surface area (Å²) >= 11 is 0.583. The van der Waals surface area contributed by atoms with E-state index in [2.05, 4.69) is 5.32 Å². The number of hydrogen-bond donors (Lipinski definition) is 1. The van der Waals surface area contributed by atoms with E-state index in [4.69, 9.17) is 4.74 Å². The summed E-state index contributed by atoms with van der Waals surface area (Å²) in [5.41, 5.74) is -3.78. The van der Waals surface area contributed by atoms with E-state index in [1.54, 1.807) is 28.0 Å². The van der Waals surface area contributed by atoms with Gasteiger partial charge in [0.15, 0.2) is 0 Å². The van der Waals surface area contributed by atoms with Crippen LogP contribution in [0.1, 0.15) is 29.5 Å². The monoisotopic (exact) mass is 644 g/mol. The highest BCUT2D eigenvalue weighted by molar-refractivity contribution is 7.99. The molecule has 2 amide bonds. The zero-order chi connectivity index (χ0) is 32.1. The molecule has 0 spiro atoms. The Morgan fingerprint density at radius 3 is 2.23 bits per heavy atom. The van der Waals surface area contributed by atoms with Crippen molar-refractivity contribution < 1.29 is 40.7 Å². The Kier molecular flexibility index (Phi) is 10.9. The Labute approximate surface area is 256 Å². The van der Waals surface area contributed by atoms with E-state index in [-0.39, 0.29) is 38.3 Å². The molecule has 14 heteroatoms. The van der Waals surface area contributed by atoms with E-state index in [9.17, 15) is 35.9 Å². The van der Waals surface area contributed by atoms with Gasteiger partial charge in [-0.05, 0) is 62.8 Å². The second-order valence-electron chi connectivity index (χ2n) is 10.8. The highest BCUT2D eigenvalue weighted by Crippen LogP contribution is 2.48. The molecule has 7 nitrogen and oxygen atoms in total. The van der Waals surface area contributed by atoms with Crippen LogP contribution in [0.2, 0.25) is 0 Å². The minimum absolute atomic E-state index is 0.0208. The number of morpholine rings is 1. The molecule has 2 heterocycles. The van der Waals surface area contributed by atoms with Crippen molar-refractivity contribution in [1.82, 2.24) is 14.7 Å². The summed E-state index contributed by atoms with van der Waals surface area (Å²) in [5, 5.41) is 3.33. The van der Waals surface area contributed by atoms with Gasteiger partial charge in [-0.1, -0.05) is 23.9 Å². The molecule has 2 aliphatic rings. The smallest absolute Gasteiger partial charge is 0.382 e. The van der Waals surface area contributed by atoms with Gasteiger partial charge in [0.05, 0.1) is 30.9 Å². The van der Waals surface area contributed by atoms with Gasteiger partial charge in [0.2, 0.25) is 11.8 Å². The number of hydrogen-bond acceptors (Lipinski definition) is 6. The van der Waals surface area contributed by atoms with Crippen LogP contribution in [0.4, 0.5) is 32.0 Å². The molecular weight excluding hydrogens is 610 g/mol. The maximum atomic E-state index is 14.3. The average molecular weight is 645 g/mol. The van der Waals surface area contributed by atoms with Crippen LogP contribution < -0.4 is 5.32 Å². The Balaban J connectivity index is 1.54. The number of amides is 2. The van der Waals surface area contributed by atoms with Crippen molar-refractivity contribution in [1.29, 1.82) is 0 Å². The van der Waals surface area contributed by atoms with Gasteiger partial charge >= 0.3 is 12.4 Å². The van der Waals surface area contributed by atoms with Gasteiger partial charge in [0, 0.05) is 53.8 Å². The van der Waals surface area contributed by atoms with Crippen LogP contribution in [0, 0.1) is 0 Å². The fourth-order valence-corrected chi connectivity index (χ4v) is 6.16. The highest BCUT2D eigenvalue weighted by atomic mass is 32.2. The van der Waals surface area contributed by atoms with Gasteiger partial charge < -0.3 is 24.8 Å². The standard InChI is InChI=1S/C30H34F6N4O3S/c1-38(2)19-26(42)39-12-10-21(11-13-39)37-22-4-3-5-23(18-22)44-24-8-6-20(7-9-25(41)40-14-16-43-17-15-40)27(29(31,32)33)28(24)30(34,35)36/h3-9,18,21,37H,10-17,19H2,1-2H3. The molecule has 44 heavy (non-hydrogen) atoms. The minimum Gasteiger partial charge on any atom is -0.382 e. The van der Waals surface area contributed by atoms with Crippen LogP contribution in [0.3, 0.4) is 0 Å². The summed E-state index contributed by atoms with van der Waals surface area (Å²) in [5.74, 6) is -0.570. The Hall–Kier alpha value is -3.23. The molecule has 2 aromatic rings. The molecule has 0 aromatic heterocycles. The summed E-state index contributed by atoms with van der Waals surface area (Å²) in [6.07, 6.45) is -7.66. The molecule has 240 valence electrons. The van der Waals surface area contributed by atoms with Crippen LogP contribution in [0.25, 0.3) is 6.08 Å². The highest BCUT2D eigenvalue weighted by Gasteiger charge is 2.46. The molecule has 0 bridgehead atoms. The molecule has 4 rings (SSSR count). The third kappa shape index (κ3) is 8.91. The SMILES string of the molecule is CN(C)CC(=O)N1CCC(Nc2cccc(Sc3ccc(C=CC(=O)N4CCOCC4)c(C(F)(F)F)c3C(F)(F)F)c2)CC1. The Morgan fingerprint density at radius 1 is 0.955 bits per heavy atom. The number of carbonyl (C=O) groups excluding carboxylic acids is 2. The Bertz CT molecular complexity index is 1350. The Morgan fingerprint density at radius 2 is 1.61 bits per heavy atom. The predicted molar refractivity (Wildman–Crippen MR) is 155 cm³/mol. The van der Waals surface area contributed by atoms with Crippen LogP contribution in [-0.4, -0.2) is 92.6 Å². The van der Waals surface area contributed by atoms with Crippen molar-refractivity contribution in [3.63, 3.8) is 0 Å². The van der Waals surface area contributed by atoms with Crippen molar-refractivity contribution in [2.45, 2.75) is 41.0 Å². The van der Waals surface area contributed by atoms with Crippen LogP contribution >= 0.6 is 11.8 Å². The number of ether oxygens (including phenoxy) is 1. The van der Waals surface area contributed by atoms with E-state index >= 15 is 0 Å². The average Bonchev–Trinajstić information content (AvgIpc) is 2.95. The van der Waals surface area contributed by atoms with E-state index in [1.807, 2.05) is 14.1 Å². The number of carbonyl (C=O) groups is 2. The number of piperidine rings is 1. The molecule has 2 aliphatic heterocycles.